The third kappa shape index (κ3) is 6.56. The number of nitrogen functional groups attached to an aromatic ring is 1. The van der Waals surface area contributed by atoms with Crippen LogP contribution in [0.15, 0.2) is 48.8 Å². The number of anilines is 3. The zero-order chi connectivity index (χ0) is 29.1. The molecule has 0 unspecified atom stereocenters. The average Bonchev–Trinajstić information content (AvgIpc) is 3.32. The van der Waals surface area contributed by atoms with Crippen molar-refractivity contribution in [3.8, 4) is 11.1 Å². The number of halogens is 3. The molecule has 2 aromatic heterocycles. The second-order valence-corrected chi connectivity index (χ2v) is 12.3. The first kappa shape index (κ1) is 28.7. The summed E-state index contributed by atoms with van der Waals surface area (Å²) in [7, 11) is -2.45. The average molecular weight is 590 g/mol. The summed E-state index contributed by atoms with van der Waals surface area (Å²) in [5.41, 5.74) is 8.48. The third-order valence-electron chi connectivity index (χ3n) is 6.99. The molecule has 0 atom stereocenters. The van der Waals surface area contributed by atoms with Crippen molar-refractivity contribution in [1.29, 1.82) is 0 Å². The Morgan fingerprint density at radius 3 is 2.51 bits per heavy atom. The lowest BCUT2D eigenvalue weighted by Gasteiger charge is -2.41. The van der Waals surface area contributed by atoms with Crippen molar-refractivity contribution in [2.24, 2.45) is 0 Å². The Labute approximate surface area is 235 Å². The third-order valence-corrected chi connectivity index (χ3v) is 8.67. The fraction of sp³-hybridized carbons (Fsp3) is 0.296. The molecule has 5 rings (SSSR count). The summed E-state index contributed by atoms with van der Waals surface area (Å²) in [4.78, 5) is 18.7. The van der Waals surface area contributed by atoms with Gasteiger partial charge in [0, 0.05) is 24.3 Å². The Morgan fingerprint density at radius 2 is 1.78 bits per heavy atom. The predicted molar refractivity (Wildman–Crippen MR) is 154 cm³/mol. The van der Waals surface area contributed by atoms with Crippen molar-refractivity contribution in [2.75, 3.05) is 47.5 Å². The highest BCUT2D eigenvalue weighted by Gasteiger charge is 2.22. The number of amides is 2. The molecule has 0 aliphatic carbocycles. The molecule has 1 saturated heterocycles. The van der Waals surface area contributed by atoms with Crippen LogP contribution in [0.3, 0.4) is 0 Å². The van der Waals surface area contributed by atoms with Crippen LogP contribution in [-0.2, 0) is 13.1 Å². The molecule has 10 nitrogen and oxygen atoms in total. The normalized spacial score (nSPS) is 16.0. The van der Waals surface area contributed by atoms with E-state index in [-0.39, 0.29) is 22.8 Å². The summed E-state index contributed by atoms with van der Waals surface area (Å²) in [5.74, 6) is -0.490. The summed E-state index contributed by atoms with van der Waals surface area (Å²) in [6.45, 7) is 1.22. The molecule has 4 aromatic rings. The van der Waals surface area contributed by atoms with Gasteiger partial charge in [-0.3, -0.25) is 9.11 Å². The quantitative estimate of drug-likeness (QED) is 0.186. The lowest BCUT2D eigenvalue weighted by Crippen LogP contribution is -2.38. The minimum absolute atomic E-state index is 0.139. The number of hydrogen-bond acceptors (Lipinski definition) is 7. The molecule has 0 radical (unpaired) electrons. The maximum atomic E-state index is 15.1. The van der Waals surface area contributed by atoms with E-state index in [1.54, 1.807) is 10.6 Å². The Balaban J connectivity index is 1.31. The molecule has 14 heteroatoms. The van der Waals surface area contributed by atoms with Gasteiger partial charge in [-0.05, 0) is 60.8 Å². The van der Waals surface area contributed by atoms with Gasteiger partial charge in [-0.15, -0.1) is 0 Å². The van der Waals surface area contributed by atoms with Crippen LogP contribution in [0.5, 0.6) is 0 Å². The first-order valence-electron chi connectivity index (χ1n) is 12.9. The summed E-state index contributed by atoms with van der Waals surface area (Å²) < 4.78 is 63.4. The number of fused-ring (bicyclic) bond motifs is 1. The number of alkyl halides is 1. The van der Waals surface area contributed by atoms with Gasteiger partial charge in [-0.2, -0.15) is 15.7 Å². The van der Waals surface area contributed by atoms with Gasteiger partial charge < -0.3 is 21.3 Å². The number of nitrogens with one attached hydrogen (secondary N) is 2. The molecule has 1 aliphatic rings. The van der Waals surface area contributed by atoms with Crippen LogP contribution in [0.25, 0.3) is 16.6 Å². The van der Waals surface area contributed by atoms with Crippen molar-refractivity contribution >= 4 is 39.3 Å². The number of nitrogens with two attached hydrogens (primary N) is 1. The maximum absolute atomic E-state index is 15.1. The molecule has 0 saturated carbocycles. The van der Waals surface area contributed by atoms with Gasteiger partial charge in [0.15, 0.2) is 5.82 Å². The predicted octanol–water partition coefficient (Wildman–Crippen LogP) is 5.37. The molecule has 6 N–H and O–H groups in total. The molecule has 0 spiro atoms. The molecule has 2 amide bonds. The van der Waals surface area contributed by atoms with Gasteiger partial charge in [-0.25, -0.2) is 27.5 Å². The zero-order valence-electron chi connectivity index (χ0n) is 22.0. The summed E-state index contributed by atoms with van der Waals surface area (Å²) in [5, 5.41) is 8.96. The highest BCUT2D eigenvalue weighted by molar-refractivity contribution is 8.24. The molecule has 2 aromatic carbocycles. The van der Waals surface area contributed by atoms with Crippen molar-refractivity contribution in [3.63, 3.8) is 0 Å². The van der Waals surface area contributed by atoms with E-state index in [4.69, 9.17) is 5.73 Å². The fourth-order valence-corrected chi connectivity index (χ4v) is 6.12. The van der Waals surface area contributed by atoms with Crippen molar-refractivity contribution in [1.82, 2.24) is 19.5 Å². The van der Waals surface area contributed by atoms with E-state index >= 15 is 4.39 Å². The number of aromatic nitrogens is 3. The first-order chi connectivity index (χ1) is 19.6. The lowest BCUT2D eigenvalue weighted by atomic mass is 10.1. The van der Waals surface area contributed by atoms with Gasteiger partial charge in [0.1, 0.15) is 30.2 Å². The standard InChI is InChI=1S/C27H30F3N7O3S/c28-15-17-3-5-21(29)24(12-17)35-27(38)34-23-6-4-18(13-22(23)30)20-14-19(37-25(20)26(31)32-16-33-37)2-1-7-36-8-10-41(39,40)11-9-36/h3-6,12-14,16,39-40H,1-2,7-11,15H2,(H2,31,32,33)(H2,34,35,38). The topological polar surface area (TPSA) is 141 Å². The van der Waals surface area contributed by atoms with E-state index < -0.39 is 34.9 Å². The molecule has 1 fully saturated rings. The van der Waals surface area contributed by atoms with Gasteiger partial charge >= 0.3 is 6.03 Å². The lowest BCUT2D eigenvalue weighted by molar-refractivity contribution is 0.262. The van der Waals surface area contributed by atoms with E-state index in [0.717, 1.165) is 24.7 Å². The van der Waals surface area contributed by atoms with Crippen LogP contribution in [0, 0.1) is 11.6 Å². The molecular formula is C27H30F3N7O3S. The second-order valence-electron chi connectivity index (χ2n) is 9.83. The van der Waals surface area contributed by atoms with E-state index in [0.29, 0.717) is 47.7 Å². The van der Waals surface area contributed by atoms with Crippen molar-refractivity contribution in [2.45, 2.75) is 19.5 Å². The fourth-order valence-electron chi connectivity index (χ4n) is 4.81. The maximum Gasteiger partial charge on any atom is 0.323 e. The van der Waals surface area contributed by atoms with Crippen molar-refractivity contribution in [3.05, 3.63) is 71.7 Å². The number of nitrogens with zero attached hydrogens (tertiary/aromatic N) is 4. The molecule has 1 aliphatic heterocycles. The van der Waals surface area contributed by atoms with Crippen LogP contribution in [0.2, 0.25) is 0 Å². The highest BCUT2D eigenvalue weighted by atomic mass is 32.3. The van der Waals surface area contributed by atoms with Gasteiger partial charge in [0.2, 0.25) is 0 Å². The van der Waals surface area contributed by atoms with Crippen LogP contribution in [0.1, 0.15) is 17.7 Å². The van der Waals surface area contributed by atoms with Gasteiger partial charge in [-0.1, -0.05) is 12.1 Å². The van der Waals surface area contributed by atoms with Crippen molar-refractivity contribution < 1.29 is 27.1 Å². The number of hydrogen-bond donors (Lipinski definition) is 5. The summed E-state index contributed by atoms with van der Waals surface area (Å²) in [6.07, 6.45) is 2.78. The number of carbonyl (C=O) groups is 1. The molecule has 0 bridgehead atoms. The Bertz CT molecular complexity index is 1570. The Morgan fingerprint density at radius 1 is 1.02 bits per heavy atom. The second kappa shape index (κ2) is 11.9. The monoisotopic (exact) mass is 589 g/mol. The van der Waals surface area contributed by atoms with Gasteiger partial charge in [0.05, 0.1) is 22.9 Å². The van der Waals surface area contributed by atoms with E-state index in [2.05, 4.69) is 25.6 Å². The van der Waals surface area contributed by atoms with Gasteiger partial charge in [0.25, 0.3) is 0 Å². The summed E-state index contributed by atoms with van der Waals surface area (Å²) >= 11 is 0. The minimum Gasteiger partial charge on any atom is -0.382 e. The molecule has 218 valence electrons. The molecular weight excluding hydrogens is 559 g/mol. The Hall–Kier alpha value is -3.85. The number of urea groups is 1. The molecule has 41 heavy (non-hydrogen) atoms. The smallest absolute Gasteiger partial charge is 0.323 e. The number of carbonyl (C=O) groups excluding carboxylic acids is 1. The number of aryl methyl sites for hydroxylation is 1. The number of benzene rings is 2. The van der Waals surface area contributed by atoms with Crippen LogP contribution in [0.4, 0.5) is 35.2 Å². The van der Waals surface area contributed by atoms with Crippen LogP contribution >= 0.6 is 10.6 Å². The summed E-state index contributed by atoms with van der Waals surface area (Å²) in [6, 6.07) is 8.69. The van der Waals surface area contributed by atoms with E-state index in [1.165, 1.54) is 30.6 Å². The van der Waals surface area contributed by atoms with E-state index in [9.17, 15) is 22.7 Å². The SMILES string of the molecule is Nc1ncnn2c(CCCN3CCS(O)(O)CC3)cc(-c3ccc(NC(=O)Nc4cc(CF)ccc4F)c(F)c3)c12. The minimum atomic E-state index is -2.45. The molecule has 3 heterocycles. The number of rotatable bonds is 8. The highest BCUT2D eigenvalue weighted by Crippen LogP contribution is 2.40. The van der Waals surface area contributed by atoms with Crippen LogP contribution < -0.4 is 16.4 Å². The van der Waals surface area contributed by atoms with Crippen LogP contribution in [-0.4, -0.2) is 65.8 Å². The zero-order valence-corrected chi connectivity index (χ0v) is 22.8. The first-order valence-corrected chi connectivity index (χ1v) is 14.8. The Kier molecular flexibility index (Phi) is 8.35. The largest absolute Gasteiger partial charge is 0.382 e. The van der Waals surface area contributed by atoms with E-state index in [1.807, 2.05) is 6.07 Å².